The van der Waals surface area contributed by atoms with E-state index in [-0.39, 0.29) is 23.9 Å². The van der Waals surface area contributed by atoms with E-state index >= 15 is 0 Å². The van der Waals surface area contributed by atoms with E-state index in [0.717, 1.165) is 5.56 Å². The number of ether oxygens (including phenoxy) is 1. The molecule has 0 spiro atoms. The Bertz CT molecular complexity index is 1010. The first-order valence-electron chi connectivity index (χ1n) is 8.09. The Labute approximate surface area is 152 Å². The molecule has 3 rings (SSSR count). The van der Waals surface area contributed by atoms with Gasteiger partial charge in [0.15, 0.2) is 0 Å². The molecule has 0 radical (unpaired) electrons. The molecular weight excluding hydrogens is 354 g/mol. The molecule has 3 aromatic rings. The Balaban J connectivity index is 1.92. The van der Waals surface area contributed by atoms with Gasteiger partial charge in [-0.2, -0.15) is 8.42 Å². The van der Waals surface area contributed by atoms with Crippen molar-refractivity contribution < 1.29 is 22.4 Å². The summed E-state index contributed by atoms with van der Waals surface area (Å²) in [6.07, 6.45) is 3.52. The minimum Gasteiger partial charge on any atom is -0.854 e. The summed E-state index contributed by atoms with van der Waals surface area (Å²) in [4.78, 5) is 4.08. The van der Waals surface area contributed by atoms with Crippen molar-refractivity contribution in [3.8, 4) is 11.5 Å². The van der Waals surface area contributed by atoms with Gasteiger partial charge in [0.25, 0.3) is 0 Å². The Hall–Kier alpha value is -2.64. The molecule has 0 saturated carbocycles. The van der Waals surface area contributed by atoms with Crippen molar-refractivity contribution in [2.75, 3.05) is 13.2 Å². The highest BCUT2D eigenvalue weighted by molar-refractivity contribution is 7.87. The lowest BCUT2D eigenvalue weighted by Crippen LogP contribution is -2.11. The van der Waals surface area contributed by atoms with E-state index in [1.165, 1.54) is 18.3 Å². The van der Waals surface area contributed by atoms with E-state index in [1.54, 1.807) is 36.5 Å². The molecule has 1 heterocycles. The number of nitrogens with zero attached hydrogens (tertiary/aromatic N) is 1. The predicted octanol–water partition coefficient (Wildman–Crippen LogP) is 2.44. The van der Waals surface area contributed by atoms with Crippen molar-refractivity contribution in [3.63, 3.8) is 0 Å². The van der Waals surface area contributed by atoms with Crippen LogP contribution in [0, 0.1) is 6.92 Å². The molecule has 26 heavy (non-hydrogen) atoms. The smallest absolute Gasteiger partial charge is 0.339 e. The van der Waals surface area contributed by atoms with Gasteiger partial charge >= 0.3 is 10.1 Å². The van der Waals surface area contributed by atoms with E-state index in [2.05, 4.69) is 4.98 Å². The Kier molecular flexibility index (Phi) is 5.39. The molecule has 6 nitrogen and oxygen atoms in total. The number of rotatable bonds is 7. The maximum absolute atomic E-state index is 12.8. The van der Waals surface area contributed by atoms with Gasteiger partial charge in [-0.15, -0.1) is 6.61 Å². The van der Waals surface area contributed by atoms with Gasteiger partial charge in [0.1, 0.15) is 16.4 Å². The Morgan fingerprint density at radius 1 is 1.12 bits per heavy atom. The summed E-state index contributed by atoms with van der Waals surface area (Å²) in [6, 6.07) is 11.4. The highest BCUT2D eigenvalue weighted by atomic mass is 32.2. The molecular formula is C19H18NO5S-. The SMILES string of the molecule is Cc1cc(OCCC[O-])cc(OS(=O)(=O)c2cccc3cnccc23)c1. The zero-order valence-electron chi connectivity index (χ0n) is 14.2. The molecule has 2 aromatic carbocycles. The molecule has 0 aliphatic rings. The van der Waals surface area contributed by atoms with Gasteiger partial charge in [-0.25, -0.2) is 0 Å². The van der Waals surface area contributed by atoms with Crippen LogP contribution >= 0.6 is 0 Å². The number of fused-ring (bicyclic) bond motifs is 1. The fraction of sp³-hybridized carbons (Fsp3) is 0.211. The number of hydrogen-bond donors (Lipinski definition) is 0. The predicted molar refractivity (Wildman–Crippen MR) is 95.7 cm³/mol. The molecule has 0 N–H and O–H groups in total. The number of aromatic nitrogens is 1. The number of pyridine rings is 1. The van der Waals surface area contributed by atoms with Gasteiger partial charge in [0, 0.05) is 29.2 Å². The van der Waals surface area contributed by atoms with E-state index < -0.39 is 10.1 Å². The molecule has 136 valence electrons. The van der Waals surface area contributed by atoms with Crippen LogP contribution in [-0.4, -0.2) is 26.6 Å². The lowest BCUT2D eigenvalue weighted by atomic mass is 10.2. The van der Waals surface area contributed by atoms with Crippen LogP contribution in [0.2, 0.25) is 0 Å². The monoisotopic (exact) mass is 372 g/mol. The third-order valence-electron chi connectivity index (χ3n) is 3.70. The average molecular weight is 372 g/mol. The summed E-state index contributed by atoms with van der Waals surface area (Å²) in [5.74, 6) is 0.624. The standard InChI is InChI=1S/C19H18NO5S/c1-14-10-16(24-9-3-8-21)12-17(11-14)25-26(22,23)19-5-2-4-15-13-20-7-6-18(15)19/h2,4-7,10-13H,3,8-9H2,1H3/q-1. The van der Waals surface area contributed by atoms with Crippen LogP contribution in [0.1, 0.15) is 12.0 Å². The average Bonchev–Trinajstić information content (AvgIpc) is 2.60. The van der Waals surface area contributed by atoms with Crippen LogP contribution in [-0.2, 0) is 10.1 Å². The van der Waals surface area contributed by atoms with Gasteiger partial charge in [-0.3, -0.25) is 4.98 Å². The minimum absolute atomic E-state index is 0.0766. The minimum atomic E-state index is -4.03. The van der Waals surface area contributed by atoms with Crippen molar-refractivity contribution in [2.45, 2.75) is 18.2 Å². The highest BCUT2D eigenvalue weighted by Crippen LogP contribution is 2.28. The second kappa shape index (κ2) is 7.72. The first-order valence-corrected chi connectivity index (χ1v) is 9.50. The molecule has 1 aromatic heterocycles. The van der Waals surface area contributed by atoms with Crippen molar-refractivity contribution in [1.29, 1.82) is 0 Å². The Morgan fingerprint density at radius 2 is 1.92 bits per heavy atom. The van der Waals surface area contributed by atoms with Gasteiger partial charge in [-0.1, -0.05) is 12.1 Å². The zero-order chi connectivity index (χ0) is 18.6. The normalized spacial score (nSPS) is 11.5. The van der Waals surface area contributed by atoms with Gasteiger partial charge in [-0.05, 0) is 43.2 Å². The maximum Gasteiger partial charge on any atom is 0.339 e. The Morgan fingerprint density at radius 3 is 2.73 bits per heavy atom. The van der Waals surface area contributed by atoms with Crippen molar-refractivity contribution >= 4 is 20.9 Å². The van der Waals surface area contributed by atoms with E-state index in [0.29, 0.717) is 22.9 Å². The first kappa shape index (κ1) is 18.2. The summed E-state index contributed by atoms with van der Waals surface area (Å²) in [7, 11) is -4.03. The number of benzene rings is 2. The van der Waals surface area contributed by atoms with Crippen LogP contribution in [0.4, 0.5) is 0 Å². The molecule has 0 atom stereocenters. The summed E-state index contributed by atoms with van der Waals surface area (Å²) >= 11 is 0. The number of aryl methyl sites for hydroxylation is 1. The quantitative estimate of drug-likeness (QED) is 0.467. The lowest BCUT2D eigenvalue weighted by Gasteiger charge is -2.12. The summed E-state index contributed by atoms with van der Waals surface area (Å²) < 4.78 is 36.4. The highest BCUT2D eigenvalue weighted by Gasteiger charge is 2.20. The van der Waals surface area contributed by atoms with Gasteiger partial charge in [0.05, 0.1) is 6.61 Å². The van der Waals surface area contributed by atoms with Crippen LogP contribution in [0.15, 0.2) is 59.8 Å². The van der Waals surface area contributed by atoms with Crippen molar-refractivity contribution in [2.24, 2.45) is 0 Å². The molecule has 0 unspecified atom stereocenters. The maximum atomic E-state index is 12.8. The summed E-state index contributed by atoms with van der Waals surface area (Å²) in [6.45, 7) is 1.86. The third-order valence-corrected chi connectivity index (χ3v) is 5.00. The molecule has 7 heteroatoms. The number of hydrogen-bond acceptors (Lipinski definition) is 6. The van der Waals surface area contributed by atoms with Crippen LogP contribution in [0.5, 0.6) is 11.5 Å². The largest absolute Gasteiger partial charge is 0.854 e. The fourth-order valence-electron chi connectivity index (χ4n) is 2.58. The summed E-state index contributed by atoms with van der Waals surface area (Å²) in [5.41, 5.74) is 0.789. The van der Waals surface area contributed by atoms with E-state index in [1.807, 2.05) is 6.92 Å². The second-order valence-electron chi connectivity index (χ2n) is 5.78. The molecule has 0 bridgehead atoms. The van der Waals surface area contributed by atoms with E-state index in [9.17, 15) is 13.5 Å². The molecule has 0 aliphatic carbocycles. The fourth-order valence-corrected chi connectivity index (χ4v) is 3.72. The van der Waals surface area contributed by atoms with Crippen molar-refractivity contribution in [1.82, 2.24) is 4.98 Å². The van der Waals surface area contributed by atoms with E-state index in [4.69, 9.17) is 8.92 Å². The molecule has 0 aliphatic heterocycles. The van der Waals surface area contributed by atoms with Crippen LogP contribution in [0.3, 0.4) is 0 Å². The molecule has 0 saturated heterocycles. The summed E-state index contributed by atoms with van der Waals surface area (Å²) in [5, 5.41) is 11.8. The van der Waals surface area contributed by atoms with Gasteiger partial charge in [0.2, 0.25) is 0 Å². The van der Waals surface area contributed by atoms with Gasteiger partial charge < -0.3 is 14.0 Å². The van der Waals surface area contributed by atoms with Crippen LogP contribution in [0.25, 0.3) is 10.8 Å². The topological polar surface area (TPSA) is 88.5 Å². The second-order valence-corrected chi connectivity index (χ2v) is 7.29. The first-order chi connectivity index (χ1) is 12.5. The molecule has 0 amide bonds. The molecule has 0 fully saturated rings. The van der Waals surface area contributed by atoms with Crippen molar-refractivity contribution in [3.05, 3.63) is 60.4 Å². The van der Waals surface area contributed by atoms with Crippen LogP contribution < -0.4 is 14.0 Å². The lowest BCUT2D eigenvalue weighted by molar-refractivity contribution is -0.368. The third kappa shape index (κ3) is 4.12. The zero-order valence-corrected chi connectivity index (χ0v) is 15.0.